The van der Waals surface area contributed by atoms with Crippen LogP contribution in [-0.2, 0) is 22.6 Å². The molecule has 1 fully saturated rings. The number of phenolic OH excluding ortho intramolecular Hbond substituents is 1. The Labute approximate surface area is 153 Å². The van der Waals surface area contributed by atoms with Crippen molar-refractivity contribution in [1.82, 2.24) is 10.2 Å². The molecule has 2 heterocycles. The van der Waals surface area contributed by atoms with Gasteiger partial charge in [-0.3, -0.25) is 4.79 Å². The minimum atomic E-state index is -0.493. The number of cyclic esters (lactones) is 1. The zero-order valence-corrected chi connectivity index (χ0v) is 15.9. The molecule has 2 atom stereocenters. The van der Waals surface area contributed by atoms with Crippen molar-refractivity contribution in [3.8, 4) is 11.5 Å². The number of hydrogen-bond donors (Lipinski definition) is 2. The van der Waals surface area contributed by atoms with Gasteiger partial charge in [-0.25, -0.2) is 4.79 Å². The average Bonchev–Trinajstić information content (AvgIpc) is 3.05. The SMILES string of the molecule is COc1c(C)c2c(c(O)c1CC1NC1(C)CCC(=O)N(C)C)C(=O)OC2. The Morgan fingerprint density at radius 1 is 1.46 bits per heavy atom. The van der Waals surface area contributed by atoms with Gasteiger partial charge in [-0.1, -0.05) is 0 Å². The van der Waals surface area contributed by atoms with Gasteiger partial charge in [0.25, 0.3) is 0 Å². The van der Waals surface area contributed by atoms with Crippen LogP contribution in [0.25, 0.3) is 0 Å². The molecule has 3 rings (SSSR count). The van der Waals surface area contributed by atoms with Crippen molar-refractivity contribution in [3.63, 3.8) is 0 Å². The number of nitrogens with zero attached hydrogens (tertiary/aromatic N) is 1. The van der Waals surface area contributed by atoms with Crippen LogP contribution in [0, 0.1) is 6.92 Å². The van der Waals surface area contributed by atoms with Gasteiger partial charge in [0, 0.05) is 43.2 Å². The van der Waals surface area contributed by atoms with E-state index in [4.69, 9.17) is 9.47 Å². The molecule has 1 amide bonds. The third-order valence-electron chi connectivity index (χ3n) is 5.60. The third kappa shape index (κ3) is 3.00. The number of esters is 1. The quantitative estimate of drug-likeness (QED) is 0.588. The highest BCUT2D eigenvalue weighted by molar-refractivity contribution is 5.98. The average molecular weight is 362 g/mol. The van der Waals surface area contributed by atoms with E-state index in [2.05, 4.69) is 12.2 Å². The van der Waals surface area contributed by atoms with Crippen LogP contribution in [0.3, 0.4) is 0 Å². The number of rotatable bonds is 6. The van der Waals surface area contributed by atoms with Gasteiger partial charge < -0.3 is 24.8 Å². The molecule has 2 unspecified atom stereocenters. The van der Waals surface area contributed by atoms with Crippen LogP contribution in [-0.4, -0.2) is 54.7 Å². The summed E-state index contributed by atoms with van der Waals surface area (Å²) in [5.74, 6) is 0.146. The first-order valence-corrected chi connectivity index (χ1v) is 8.75. The lowest BCUT2D eigenvalue weighted by Gasteiger charge is -2.17. The van der Waals surface area contributed by atoms with Gasteiger partial charge in [-0.2, -0.15) is 0 Å². The summed E-state index contributed by atoms with van der Waals surface area (Å²) in [7, 11) is 5.06. The Kier molecular flexibility index (Phi) is 4.60. The number of amides is 1. The van der Waals surface area contributed by atoms with E-state index in [1.165, 1.54) is 0 Å². The molecule has 2 aliphatic rings. The predicted octanol–water partition coefficient (Wildman–Crippen LogP) is 1.52. The highest BCUT2D eigenvalue weighted by Crippen LogP contribution is 2.44. The Bertz CT molecular complexity index is 774. The standard InChI is InChI=1S/C19H26N2O5/c1-10-12-9-26-18(24)15(12)16(23)11(17(10)25-5)8-13-19(2,20-13)7-6-14(22)21(3)4/h13,20,23H,6-9H2,1-5H3. The molecule has 0 spiro atoms. The van der Waals surface area contributed by atoms with Crippen molar-refractivity contribution in [2.45, 2.75) is 51.3 Å². The maximum absolute atomic E-state index is 12.0. The molecule has 2 N–H and O–H groups in total. The summed E-state index contributed by atoms with van der Waals surface area (Å²) in [6.07, 6.45) is 1.69. The smallest absolute Gasteiger partial charge is 0.342 e. The van der Waals surface area contributed by atoms with Gasteiger partial charge in [-0.15, -0.1) is 0 Å². The van der Waals surface area contributed by atoms with E-state index < -0.39 is 5.97 Å². The van der Waals surface area contributed by atoms with Crippen molar-refractivity contribution in [3.05, 3.63) is 22.3 Å². The van der Waals surface area contributed by atoms with Crippen molar-refractivity contribution in [2.24, 2.45) is 0 Å². The van der Waals surface area contributed by atoms with Crippen LogP contribution in [0.4, 0.5) is 0 Å². The molecule has 2 aliphatic heterocycles. The molecule has 1 aromatic rings. The molecule has 0 saturated carbocycles. The maximum atomic E-state index is 12.0. The fraction of sp³-hybridized carbons (Fsp3) is 0.579. The number of nitrogens with one attached hydrogen (secondary N) is 1. The zero-order valence-electron chi connectivity index (χ0n) is 15.9. The van der Waals surface area contributed by atoms with Gasteiger partial charge in [0.1, 0.15) is 23.7 Å². The summed E-state index contributed by atoms with van der Waals surface area (Å²) in [6.45, 7) is 4.10. The van der Waals surface area contributed by atoms with Gasteiger partial charge >= 0.3 is 5.97 Å². The second-order valence-electron chi connectivity index (χ2n) is 7.52. The number of benzene rings is 1. The maximum Gasteiger partial charge on any atom is 0.342 e. The van der Waals surface area contributed by atoms with Gasteiger partial charge in [0.15, 0.2) is 0 Å². The minimum Gasteiger partial charge on any atom is -0.507 e. The molecule has 1 saturated heterocycles. The summed E-state index contributed by atoms with van der Waals surface area (Å²) in [5.41, 5.74) is 2.21. The van der Waals surface area contributed by atoms with E-state index >= 15 is 0 Å². The van der Waals surface area contributed by atoms with Crippen molar-refractivity contribution in [1.29, 1.82) is 0 Å². The molecule has 142 valence electrons. The summed E-state index contributed by atoms with van der Waals surface area (Å²) < 4.78 is 10.6. The van der Waals surface area contributed by atoms with Crippen LogP contribution in [0.1, 0.15) is 46.8 Å². The van der Waals surface area contributed by atoms with Gasteiger partial charge in [0.05, 0.1) is 7.11 Å². The molecular weight excluding hydrogens is 336 g/mol. The fourth-order valence-corrected chi connectivity index (χ4v) is 3.70. The van der Waals surface area contributed by atoms with Gasteiger partial charge in [-0.05, 0) is 32.3 Å². The molecule has 26 heavy (non-hydrogen) atoms. The van der Waals surface area contributed by atoms with Crippen LogP contribution in [0.2, 0.25) is 0 Å². The van der Waals surface area contributed by atoms with Crippen LogP contribution in [0.5, 0.6) is 11.5 Å². The molecule has 1 aromatic carbocycles. The Balaban J connectivity index is 1.81. The van der Waals surface area contributed by atoms with Gasteiger partial charge in [0.2, 0.25) is 5.91 Å². The first-order valence-electron chi connectivity index (χ1n) is 8.75. The first kappa shape index (κ1) is 18.5. The number of ether oxygens (including phenoxy) is 2. The first-order chi connectivity index (χ1) is 12.2. The van der Waals surface area contributed by atoms with Crippen LogP contribution < -0.4 is 10.1 Å². The molecular formula is C19H26N2O5. The molecule has 7 heteroatoms. The minimum absolute atomic E-state index is 0.0506. The Morgan fingerprint density at radius 2 is 2.15 bits per heavy atom. The van der Waals surface area contributed by atoms with E-state index in [1.54, 1.807) is 26.1 Å². The monoisotopic (exact) mass is 362 g/mol. The lowest BCUT2D eigenvalue weighted by atomic mass is 9.91. The van der Waals surface area contributed by atoms with Crippen LogP contribution >= 0.6 is 0 Å². The predicted molar refractivity (Wildman–Crippen MR) is 95.5 cm³/mol. The van der Waals surface area contributed by atoms with Crippen molar-refractivity contribution in [2.75, 3.05) is 21.2 Å². The van der Waals surface area contributed by atoms with Crippen molar-refractivity contribution >= 4 is 11.9 Å². The summed E-state index contributed by atoms with van der Waals surface area (Å²) in [5, 5.41) is 14.1. The topological polar surface area (TPSA) is 98.0 Å². The number of carbonyl (C=O) groups is 2. The lowest BCUT2D eigenvalue weighted by molar-refractivity contribution is -0.128. The lowest BCUT2D eigenvalue weighted by Crippen LogP contribution is -2.24. The summed E-state index contributed by atoms with van der Waals surface area (Å²) in [4.78, 5) is 25.4. The van der Waals surface area contributed by atoms with E-state index in [-0.39, 0.29) is 35.4 Å². The van der Waals surface area contributed by atoms with E-state index in [9.17, 15) is 14.7 Å². The Hall–Kier alpha value is -2.28. The molecule has 0 bridgehead atoms. The number of carbonyl (C=O) groups excluding carboxylic acids is 2. The number of phenols is 1. The molecule has 0 aliphatic carbocycles. The molecule has 7 nitrogen and oxygen atoms in total. The van der Waals surface area contributed by atoms with E-state index in [1.807, 2.05) is 6.92 Å². The van der Waals surface area contributed by atoms with Crippen molar-refractivity contribution < 1.29 is 24.2 Å². The second kappa shape index (κ2) is 6.46. The largest absolute Gasteiger partial charge is 0.507 e. The summed E-state index contributed by atoms with van der Waals surface area (Å²) >= 11 is 0. The summed E-state index contributed by atoms with van der Waals surface area (Å²) in [6, 6.07) is 0.104. The molecule has 0 radical (unpaired) electrons. The number of aromatic hydroxyl groups is 1. The second-order valence-corrected chi connectivity index (χ2v) is 7.52. The fourth-order valence-electron chi connectivity index (χ4n) is 3.70. The third-order valence-corrected chi connectivity index (χ3v) is 5.60. The van der Waals surface area contributed by atoms with E-state index in [0.717, 1.165) is 5.56 Å². The normalized spacial score (nSPS) is 23.4. The molecule has 0 aromatic heterocycles. The number of methoxy groups -OCH3 is 1. The van der Waals surface area contributed by atoms with Crippen LogP contribution in [0.15, 0.2) is 0 Å². The highest BCUT2D eigenvalue weighted by atomic mass is 16.5. The number of hydrogen-bond acceptors (Lipinski definition) is 6. The van der Waals surface area contributed by atoms with E-state index in [0.29, 0.717) is 36.1 Å². The zero-order chi connectivity index (χ0) is 19.2. The Morgan fingerprint density at radius 3 is 2.77 bits per heavy atom. The highest BCUT2D eigenvalue weighted by Gasteiger charge is 2.49. The number of fused-ring (bicyclic) bond motifs is 1.